The summed E-state index contributed by atoms with van der Waals surface area (Å²) in [7, 11) is 2.17. The minimum atomic E-state index is -0.322. The number of piperazine rings is 1. The largest absolute Gasteiger partial charge is 0.462 e. The molecule has 0 amide bonds. The van der Waals surface area contributed by atoms with Gasteiger partial charge >= 0.3 is 5.97 Å². The van der Waals surface area contributed by atoms with E-state index in [0.717, 1.165) is 73.4 Å². The predicted molar refractivity (Wildman–Crippen MR) is 114 cm³/mol. The molecule has 0 radical (unpaired) electrons. The van der Waals surface area contributed by atoms with Crippen LogP contribution in [0.25, 0.3) is 10.9 Å². The lowest BCUT2D eigenvalue weighted by Crippen LogP contribution is -2.44. The van der Waals surface area contributed by atoms with Crippen LogP contribution in [0.5, 0.6) is 0 Å². The molecule has 1 aromatic carbocycles. The lowest BCUT2D eigenvalue weighted by atomic mass is 10.0. The highest BCUT2D eigenvalue weighted by Gasteiger charge is 2.18. The lowest BCUT2D eigenvalue weighted by molar-refractivity contribution is 0.0527. The first-order valence-corrected chi connectivity index (χ1v) is 10.2. The van der Waals surface area contributed by atoms with Gasteiger partial charge in [0, 0.05) is 44.3 Å². The lowest BCUT2D eigenvalue weighted by Gasteiger charge is -2.32. The molecule has 152 valence electrons. The SMILES string of the molecule is CCOC(=O)c1cnc2c(C)cc(C)cc2c1NCCCN1CCN(C)CC1. The molecule has 1 aromatic heterocycles. The molecular weight excluding hydrogens is 352 g/mol. The van der Waals surface area contributed by atoms with Crippen LogP contribution in [-0.4, -0.2) is 73.7 Å². The van der Waals surface area contributed by atoms with Crippen LogP contribution in [0.1, 0.15) is 34.8 Å². The number of hydrogen-bond donors (Lipinski definition) is 1. The molecule has 2 aromatic rings. The van der Waals surface area contributed by atoms with E-state index in [0.29, 0.717) is 12.2 Å². The number of nitrogens with zero attached hydrogens (tertiary/aromatic N) is 3. The highest BCUT2D eigenvalue weighted by atomic mass is 16.5. The number of esters is 1. The van der Waals surface area contributed by atoms with Crippen LogP contribution in [-0.2, 0) is 4.74 Å². The number of fused-ring (bicyclic) bond motifs is 1. The molecule has 1 N–H and O–H groups in total. The monoisotopic (exact) mass is 384 g/mol. The van der Waals surface area contributed by atoms with E-state index in [1.807, 2.05) is 6.92 Å². The Morgan fingerprint density at radius 3 is 2.68 bits per heavy atom. The Morgan fingerprint density at radius 1 is 1.21 bits per heavy atom. The third-order valence-electron chi connectivity index (χ3n) is 5.35. The molecule has 1 saturated heterocycles. The summed E-state index contributed by atoms with van der Waals surface area (Å²) in [4.78, 5) is 21.9. The number of nitrogens with one attached hydrogen (secondary N) is 1. The van der Waals surface area contributed by atoms with Gasteiger partial charge < -0.3 is 19.9 Å². The number of likely N-dealkylation sites (N-methyl/N-ethyl adjacent to an activating group) is 1. The predicted octanol–water partition coefficient (Wildman–Crippen LogP) is 3.08. The molecule has 1 aliphatic rings. The van der Waals surface area contributed by atoms with Crippen molar-refractivity contribution in [3.63, 3.8) is 0 Å². The number of aryl methyl sites for hydroxylation is 2. The summed E-state index contributed by atoms with van der Waals surface area (Å²) in [5, 5.41) is 4.51. The van der Waals surface area contributed by atoms with Crippen molar-refractivity contribution in [2.75, 3.05) is 58.2 Å². The summed E-state index contributed by atoms with van der Waals surface area (Å²) in [6.45, 7) is 12.7. The summed E-state index contributed by atoms with van der Waals surface area (Å²) < 4.78 is 5.26. The van der Waals surface area contributed by atoms with Crippen molar-refractivity contribution in [1.29, 1.82) is 0 Å². The summed E-state index contributed by atoms with van der Waals surface area (Å²) in [6, 6.07) is 4.22. The minimum absolute atomic E-state index is 0.322. The van der Waals surface area contributed by atoms with Gasteiger partial charge in [0.05, 0.1) is 17.8 Å². The van der Waals surface area contributed by atoms with Crippen molar-refractivity contribution < 1.29 is 9.53 Å². The van der Waals surface area contributed by atoms with Crippen LogP contribution in [0.3, 0.4) is 0 Å². The minimum Gasteiger partial charge on any atom is -0.462 e. The second-order valence-electron chi connectivity index (χ2n) is 7.67. The Balaban J connectivity index is 1.76. The number of hydrogen-bond acceptors (Lipinski definition) is 6. The Hall–Kier alpha value is -2.18. The summed E-state index contributed by atoms with van der Waals surface area (Å²) >= 11 is 0. The van der Waals surface area contributed by atoms with Gasteiger partial charge in [-0.2, -0.15) is 0 Å². The summed E-state index contributed by atoms with van der Waals surface area (Å²) in [6.07, 6.45) is 2.67. The van der Waals surface area contributed by atoms with E-state index < -0.39 is 0 Å². The normalized spacial score (nSPS) is 15.7. The van der Waals surface area contributed by atoms with E-state index in [1.54, 1.807) is 6.20 Å². The van der Waals surface area contributed by atoms with Gasteiger partial charge in [0.1, 0.15) is 5.56 Å². The van der Waals surface area contributed by atoms with E-state index in [9.17, 15) is 4.79 Å². The highest BCUT2D eigenvalue weighted by molar-refractivity contribution is 6.05. The zero-order chi connectivity index (χ0) is 20.1. The molecule has 0 bridgehead atoms. The fourth-order valence-corrected chi connectivity index (χ4v) is 3.80. The highest BCUT2D eigenvalue weighted by Crippen LogP contribution is 2.29. The van der Waals surface area contributed by atoms with Gasteiger partial charge in [-0.15, -0.1) is 0 Å². The molecule has 0 unspecified atom stereocenters. The van der Waals surface area contributed by atoms with Crippen LogP contribution in [0.2, 0.25) is 0 Å². The number of carbonyl (C=O) groups is 1. The molecule has 6 nitrogen and oxygen atoms in total. The number of anilines is 1. The number of pyridine rings is 1. The van der Waals surface area contributed by atoms with Crippen molar-refractivity contribution in [3.05, 3.63) is 35.0 Å². The third-order valence-corrected chi connectivity index (χ3v) is 5.35. The van der Waals surface area contributed by atoms with Crippen LogP contribution >= 0.6 is 0 Å². The van der Waals surface area contributed by atoms with Crippen molar-refractivity contribution >= 4 is 22.6 Å². The molecule has 0 spiro atoms. The zero-order valence-electron chi connectivity index (χ0n) is 17.5. The topological polar surface area (TPSA) is 57.7 Å². The number of aromatic nitrogens is 1. The number of carbonyl (C=O) groups excluding carboxylic acids is 1. The van der Waals surface area contributed by atoms with Gasteiger partial charge in [-0.1, -0.05) is 11.6 Å². The van der Waals surface area contributed by atoms with Gasteiger partial charge in [-0.05, 0) is 52.4 Å². The van der Waals surface area contributed by atoms with Crippen LogP contribution in [0.4, 0.5) is 5.69 Å². The second kappa shape index (κ2) is 9.34. The molecule has 2 heterocycles. The Kier molecular flexibility index (Phi) is 6.86. The number of ether oxygens (including phenoxy) is 1. The average molecular weight is 385 g/mol. The molecule has 0 aliphatic carbocycles. The van der Waals surface area contributed by atoms with Crippen molar-refractivity contribution in [2.24, 2.45) is 0 Å². The van der Waals surface area contributed by atoms with E-state index in [2.05, 4.69) is 53.1 Å². The van der Waals surface area contributed by atoms with Crippen molar-refractivity contribution in [2.45, 2.75) is 27.2 Å². The zero-order valence-corrected chi connectivity index (χ0v) is 17.5. The molecule has 1 aliphatic heterocycles. The molecular formula is C22H32N4O2. The van der Waals surface area contributed by atoms with Crippen molar-refractivity contribution in [1.82, 2.24) is 14.8 Å². The van der Waals surface area contributed by atoms with Gasteiger partial charge in [0.25, 0.3) is 0 Å². The number of benzene rings is 1. The second-order valence-corrected chi connectivity index (χ2v) is 7.67. The van der Waals surface area contributed by atoms with E-state index in [1.165, 1.54) is 0 Å². The maximum atomic E-state index is 12.5. The van der Waals surface area contributed by atoms with Crippen molar-refractivity contribution in [3.8, 4) is 0 Å². The first-order valence-electron chi connectivity index (χ1n) is 10.2. The third kappa shape index (κ3) is 4.80. The Morgan fingerprint density at radius 2 is 1.96 bits per heavy atom. The van der Waals surface area contributed by atoms with E-state index >= 15 is 0 Å². The average Bonchev–Trinajstić information content (AvgIpc) is 2.66. The van der Waals surface area contributed by atoms with Gasteiger partial charge in [0.15, 0.2) is 0 Å². The van der Waals surface area contributed by atoms with Crippen LogP contribution in [0, 0.1) is 13.8 Å². The molecule has 0 atom stereocenters. The van der Waals surface area contributed by atoms with E-state index in [-0.39, 0.29) is 5.97 Å². The number of rotatable bonds is 7. The molecule has 0 saturated carbocycles. The molecule has 28 heavy (non-hydrogen) atoms. The smallest absolute Gasteiger partial charge is 0.341 e. The van der Waals surface area contributed by atoms with Crippen LogP contribution < -0.4 is 5.32 Å². The molecule has 1 fully saturated rings. The Labute approximate surface area is 167 Å². The maximum absolute atomic E-state index is 12.5. The molecule has 6 heteroatoms. The van der Waals surface area contributed by atoms with Crippen LogP contribution in [0.15, 0.2) is 18.3 Å². The Bertz CT molecular complexity index is 829. The first kappa shape index (κ1) is 20.6. The molecule has 3 rings (SSSR count). The van der Waals surface area contributed by atoms with E-state index in [4.69, 9.17) is 4.74 Å². The van der Waals surface area contributed by atoms with Gasteiger partial charge in [-0.3, -0.25) is 4.98 Å². The fraction of sp³-hybridized carbons (Fsp3) is 0.545. The summed E-state index contributed by atoms with van der Waals surface area (Å²) in [5.74, 6) is -0.322. The van der Waals surface area contributed by atoms with Gasteiger partial charge in [0.2, 0.25) is 0 Å². The first-order chi connectivity index (χ1) is 13.5. The van der Waals surface area contributed by atoms with Gasteiger partial charge in [-0.25, -0.2) is 4.79 Å². The standard InChI is InChI=1S/C22H32N4O2/c1-5-28-22(27)19-15-24-20-17(3)13-16(2)14-18(20)21(19)23-7-6-8-26-11-9-25(4)10-12-26/h13-15H,5-12H2,1-4H3,(H,23,24). The quantitative estimate of drug-likeness (QED) is 0.585. The fourth-order valence-electron chi connectivity index (χ4n) is 3.80. The summed E-state index contributed by atoms with van der Waals surface area (Å²) in [5.41, 5.74) is 4.56. The maximum Gasteiger partial charge on any atom is 0.341 e.